The van der Waals surface area contributed by atoms with Gasteiger partial charge in [-0.15, -0.1) is 0 Å². The minimum Gasteiger partial charge on any atom is -0.333 e. The highest BCUT2D eigenvalue weighted by molar-refractivity contribution is 7.80. The van der Waals surface area contributed by atoms with Crippen molar-refractivity contribution in [2.45, 2.75) is 19.0 Å². The second-order valence-corrected chi connectivity index (χ2v) is 8.78. The van der Waals surface area contributed by atoms with E-state index in [1.807, 2.05) is 48.4 Å². The number of nitrogens with zero attached hydrogens (tertiary/aromatic N) is 3. The zero-order chi connectivity index (χ0) is 22.8. The van der Waals surface area contributed by atoms with Gasteiger partial charge >= 0.3 is 0 Å². The number of nitrogens with one attached hydrogen (secondary N) is 1. The summed E-state index contributed by atoms with van der Waals surface area (Å²) in [5.41, 5.74) is 3.79. The number of halogens is 2. The van der Waals surface area contributed by atoms with Gasteiger partial charge in [0.05, 0.1) is 11.4 Å². The quantitative estimate of drug-likeness (QED) is 0.610. The maximum atomic E-state index is 13.4. The summed E-state index contributed by atoms with van der Waals surface area (Å²) in [6.45, 7) is 0. The average molecular weight is 485 g/mol. The first-order valence-electron chi connectivity index (χ1n) is 10.2. The first-order valence-corrected chi connectivity index (χ1v) is 11.3. The molecule has 4 rings (SSSR count). The Morgan fingerprint density at radius 2 is 2.00 bits per heavy atom. The zero-order valence-electron chi connectivity index (χ0n) is 17.7. The van der Waals surface area contributed by atoms with E-state index in [1.54, 1.807) is 30.1 Å². The fraction of sp³-hybridized carbons (Fsp3) is 0.208. The molecule has 1 unspecified atom stereocenters. The molecule has 1 amide bonds. The van der Waals surface area contributed by atoms with Gasteiger partial charge in [0.15, 0.2) is 5.11 Å². The van der Waals surface area contributed by atoms with Crippen LogP contribution in [0.1, 0.15) is 24.0 Å². The summed E-state index contributed by atoms with van der Waals surface area (Å²) in [6.07, 6.45) is 7.05. The van der Waals surface area contributed by atoms with Crippen LogP contribution < -0.4 is 10.2 Å². The zero-order valence-corrected chi connectivity index (χ0v) is 20.0. The third-order valence-corrected chi connectivity index (χ3v) is 6.47. The lowest BCUT2D eigenvalue weighted by Crippen LogP contribution is -2.49. The Morgan fingerprint density at radius 1 is 1.22 bits per heavy atom. The Balaban J connectivity index is 1.77. The second-order valence-electron chi connectivity index (χ2n) is 7.55. The van der Waals surface area contributed by atoms with Gasteiger partial charge in [-0.1, -0.05) is 53.6 Å². The number of allylic oxidation sites excluding steroid dienone is 4. The van der Waals surface area contributed by atoms with Crippen LogP contribution >= 0.6 is 35.4 Å². The summed E-state index contributed by atoms with van der Waals surface area (Å²) in [5.74, 6) is -0.233. The van der Waals surface area contributed by atoms with Crippen LogP contribution in [-0.2, 0) is 4.79 Å². The first-order chi connectivity index (χ1) is 15.4. The van der Waals surface area contributed by atoms with Crippen molar-refractivity contribution in [3.63, 3.8) is 0 Å². The minimum atomic E-state index is -0.924. The molecular formula is C24H22Cl2N4OS. The highest BCUT2D eigenvalue weighted by Gasteiger charge is 2.32. The number of benzodiazepines with no additional fused rings is 1. The lowest BCUT2D eigenvalue weighted by molar-refractivity contribution is -0.119. The van der Waals surface area contributed by atoms with Gasteiger partial charge < -0.3 is 15.1 Å². The van der Waals surface area contributed by atoms with Crippen LogP contribution in [-0.4, -0.2) is 41.9 Å². The highest BCUT2D eigenvalue weighted by Crippen LogP contribution is 2.32. The fourth-order valence-electron chi connectivity index (χ4n) is 3.72. The Labute approximate surface area is 203 Å². The van der Waals surface area contributed by atoms with E-state index in [4.69, 9.17) is 40.4 Å². The van der Waals surface area contributed by atoms with E-state index in [2.05, 4.69) is 11.4 Å². The number of benzene rings is 2. The van der Waals surface area contributed by atoms with E-state index >= 15 is 0 Å². The molecule has 1 atom stereocenters. The molecule has 164 valence electrons. The molecule has 1 heterocycles. The molecule has 0 aromatic heterocycles. The minimum absolute atomic E-state index is 0.233. The average Bonchev–Trinajstić information content (AvgIpc) is 2.90. The molecule has 0 fully saturated rings. The van der Waals surface area contributed by atoms with Crippen LogP contribution in [0.5, 0.6) is 0 Å². The van der Waals surface area contributed by atoms with E-state index in [-0.39, 0.29) is 5.91 Å². The number of thiocarbonyl (C=S) groups is 1. The Hall–Kier alpha value is -2.67. The van der Waals surface area contributed by atoms with Crippen LogP contribution in [0.25, 0.3) is 0 Å². The topological polar surface area (TPSA) is 47.9 Å². The SMILES string of the molecule is CN(C(=S)NC1N=C(c2ccccc2Cl)c2cc(Cl)ccc2N(C)C1=O)C1=CC=CCC1. The summed E-state index contributed by atoms with van der Waals surface area (Å²) in [5, 5.41) is 4.64. The predicted octanol–water partition coefficient (Wildman–Crippen LogP) is 5.17. The number of hydrogen-bond acceptors (Lipinski definition) is 3. The van der Waals surface area contributed by atoms with Crippen LogP contribution in [0.3, 0.4) is 0 Å². The van der Waals surface area contributed by atoms with E-state index in [9.17, 15) is 4.79 Å². The Bertz CT molecular complexity index is 1170. The fourth-order valence-corrected chi connectivity index (χ4v) is 4.35. The van der Waals surface area contributed by atoms with Gasteiger partial charge in [0.1, 0.15) is 0 Å². The summed E-state index contributed by atoms with van der Waals surface area (Å²) in [7, 11) is 3.61. The van der Waals surface area contributed by atoms with Crippen LogP contribution in [0.2, 0.25) is 10.0 Å². The van der Waals surface area contributed by atoms with Gasteiger partial charge in [-0.2, -0.15) is 0 Å². The third-order valence-electron chi connectivity index (χ3n) is 5.51. The van der Waals surface area contributed by atoms with Crippen molar-refractivity contribution in [2.75, 3.05) is 19.0 Å². The largest absolute Gasteiger partial charge is 0.333 e. The second kappa shape index (κ2) is 9.45. The lowest BCUT2D eigenvalue weighted by Gasteiger charge is -2.27. The molecule has 2 aromatic carbocycles. The summed E-state index contributed by atoms with van der Waals surface area (Å²) >= 11 is 18.4. The van der Waals surface area contributed by atoms with Gasteiger partial charge in [0.2, 0.25) is 6.17 Å². The van der Waals surface area contributed by atoms with Crippen molar-refractivity contribution in [3.8, 4) is 0 Å². The molecule has 1 aliphatic heterocycles. The molecule has 8 heteroatoms. The van der Waals surface area contributed by atoms with Gasteiger partial charge in [0, 0.05) is 41.0 Å². The summed E-state index contributed by atoms with van der Waals surface area (Å²) < 4.78 is 0. The number of likely N-dealkylation sites (N-methyl/N-ethyl adjacent to an activating group) is 1. The number of amides is 1. The molecule has 2 aliphatic rings. The molecule has 0 bridgehead atoms. The van der Waals surface area contributed by atoms with Crippen molar-refractivity contribution in [2.24, 2.45) is 4.99 Å². The molecule has 0 spiro atoms. The molecule has 2 aromatic rings. The number of carbonyl (C=O) groups is 1. The molecular weight excluding hydrogens is 463 g/mol. The summed E-state index contributed by atoms with van der Waals surface area (Å²) in [6, 6.07) is 12.8. The molecule has 5 nitrogen and oxygen atoms in total. The smallest absolute Gasteiger partial charge is 0.272 e. The number of anilines is 1. The lowest BCUT2D eigenvalue weighted by atomic mass is 10.00. The van der Waals surface area contributed by atoms with Crippen LogP contribution in [0, 0.1) is 0 Å². The molecule has 32 heavy (non-hydrogen) atoms. The highest BCUT2D eigenvalue weighted by atomic mass is 35.5. The monoisotopic (exact) mass is 484 g/mol. The first kappa shape index (κ1) is 22.5. The van der Waals surface area contributed by atoms with Crippen molar-refractivity contribution < 1.29 is 4.79 Å². The van der Waals surface area contributed by atoms with E-state index in [0.29, 0.717) is 32.1 Å². The predicted molar refractivity (Wildman–Crippen MR) is 136 cm³/mol. The van der Waals surface area contributed by atoms with Crippen LogP contribution in [0.15, 0.2) is 71.4 Å². The summed E-state index contributed by atoms with van der Waals surface area (Å²) in [4.78, 5) is 21.6. The van der Waals surface area contributed by atoms with E-state index < -0.39 is 6.17 Å². The number of fused-ring (bicyclic) bond motifs is 1. The van der Waals surface area contributed by atoms with E-state index in [0.717, 1.165) is 24.1 Å². The molecule has 1 N–H and O–H groups in total. The third kappa shape index (κ3) is 4.44. The van der Waals surface area contributed by atoms with Gasteiger partial charge in [0.25, 0.3) is 5.91 Å². The van der Waals surface area contributed by atoms with Crippen molar-refractivity contribution in [1.29, 1.82) is 0 Å². The molecule has 0 radical (unpaired) electrons. The van der Waals surface area contributed by atoms with Crippen molar-refractivity contribution in [3.05, 3.63) is 87.6 Å². The maximum Gasteiger partial charge on any atom is 0.272 e. The van der Waals surface area contributed by atoms with Gasteiger partial charge in [-0.3, -0.25) is 4.79 Å². The number of hydrogen-bond donors (Lipinski definition) is 1. The number of aliphatic imine (C=N–C) groups is 1. The normalized spacial score (nSPS) is 17.8. The van der Waals surface area contributed by atoms with Crippen molar-refractivity contribution >= 4 is 57.8 Å². The molecule has 1 aliphatic carbocycles. The standard InChI is InChI=1S/C24H22Cl2N4OS/c1-29(16-8-4-3-5-9-16)24(32)28-22-23(31)30(2)20-13-12-15(25)14-18(20)21(27-22)17-10-6-7-11-19(17)26/h3-4,6-8,10-14,22H,5,9H2,1-2H3,(H,28,32). The molecule has 0 saturated heterocycles. The van der Waals surface area contributed by atoms with Gasteiger partial charge in [-0.05, 0) is 55.4 Å². The Kier molecular flexibility index (Phi) is 6.65. The van der Waals surface area contributed by atoms with Gasteiger partial charge in [-0.25, -0.2) is 4.99 Å². The number of rotatable bonds is 3. The number of carbonyl (C=O) groups excluding carboxylic acids is 1. The maximum absolute atomic E-state index is 13.4. The Morgan fingerprint density at radius 3 is 2.72 bits per heavy atom. The van der Waals surface area contributed by atoms with E-state index in [1.165, 1.54) is 0 Å². The van der Waals surface area contributed by atoms with Crippen molar-refractivity contribution in [1.82, 2.24) is 10.2 Å². The van der Waals surface area contributed by atoms with Crippen LogP contribution in [0.4, 0.5) is 5.69 Å². The molecule has 0 saturated carbocycles.